The van der Waals surface area contributed by atoms with Crippen LogP contribution in [0.4, 0.5) is 11.4 Å². The summed E-state index contributed by atoms with van der Waals surface area (Å²) in [5.41, 5.74) is 6.14. The number of thiazole rings is 1. The molecule has 0 atom stereocenters. The van der Waals surface area contributed by atoms with E-state index >= 15 is 0 Å². The SMILES string of the molecule is O=C1Nc2ccc3ncsc3c2C1=CNc1ccc(S(=O)(=O)NCc2ccncc2)cc1. The van der Waals surface area contributed by atoms with E-state index in [2.05, 4.69) is 25.3 Å². The number of nitrogens with one attached hydrogen (secondary N) is 3. The Labute approximate surface area is 188 Å². The van der Waals surface area contributed by atoms with Gasteiger partial charge in [0.15, 0.2) is 0 Å². The molecule has 2 aromatic heterocycles. The monoisotopic (exact) mass is 463 g/mol. The number of carbonyl (C=O) groups excluding carboxylic acids is 1. The van der Waals surface area contributed by atoms with Gasteiger partial charge in [-0.1, -0.05) is 0 Å². The molecule has 0 saturated carbocycles. The van der Waals surface area contributed by atoms with Crippen LogP contribution >= 0.6 is 11.3 Å². The minimum absolute atomic E-state index is 0.153. The predicted octanol–water partition coefficient (Wildman–Crippen LogP) is 3.57. The van der Waals surface area contributed by atoms with Crippen LogP contribution in [0.2, 0.25) is 0 Å². The molecule has 0 aliphatic carbocycles. The van der Waals surface area contributed by atoms with Crippen LogP contribution in [-0.4, -0.2) is 24.3 Å². The van der Waals surface area contributed by atoms with Crippen LogP contribution in [0.3, 0.4) is 0 Å². The lowest BCUT2D eigenvalue weighted by Gasteiger charge is -2.08. The highest BCUT2D eigenvalue weighted by molar-refractivity contribution is 7.89. The van der Waals surface area contributed by atoms with E-state index in [1.165, 1.54) is 23.5 Å². The second-order valence-corrected chi connectivity index (χ2v) is 9.67. The maximum atomic E-state index is 12.5. The molecule has 10 heteroatoms. The molecule has 4 aromatic rings. The Morgan fingerprint density at radius 1 is 1.03 bits per heavy atom. The Kier molecular flexibility index (Phi) is 5.17. The van der Waals surface area contributed by atoms with Crippen LogP contribution in [0, 0.1) is 0 Å². The molecule has 2 aromatic carbocycles. The minimum Gasteiger partial charge on any atom is -0.361 e. The van der Waals surface area contributed by atoms with Crippen molar-refractivity contribution in [2.24, 2.45) is 0 Å². The summed E-state index contributed by atoms with van der Waals surface area (Å²) in [7, 11) is -3.66. The lowest BCUT2D eigenvalue weighted by atomic mass is 10.1. The first-order valence-electron chi connectivity index (χ1n) is 9.64. The number of pyridine rings is 1. The molecule has 5 rings (SSSR count). The third-order valence-corrected chi connectivity index (χ3v) is 7.30. The quantitative estimate of drug-likeness (QED) is 0.377. The van der Waals surface area contributed by atoms with Gasteiger partial charge >= 0.3 is 0 Å². The van der Waals surface area contributed by atoms with Gasteiger partial charge in [0.25, 0.3) is 5.91 Å². The van der Waals surface area contributed by atoms with E-state index in [0.29, 0.717) is 11.3 Å². The molecular weight excluding hydrogens is 446 g/mol. The average Bonchev–Trinajstić information content (AvgIpc) is 3.41. The Morgan fingerprint density at radius 2 is 1.81 bits per heavy atom. The fourth-order valence-electron chi connectivity index (χ4n) is 3.39. The largest absolute Gasteiger partial charge is 0.361 e. The fraction of sp³-hybridized carbons (Fsp3) is 0.0455. The third-order valence-electron chi connectivity index (χ3n) is 5.02. The number of benzene rings is 2. The second kappa shape index (κ2) is 8.15. The molecule has 0 spiro atoms. The summed E-state index contributed by atoms with van der Waals surface area (Å²) in [6.07, 6.45) is 4.86. The van der Waals surface area contributed by atoms with Crippen molar-refractivity contribution in [3.05, 3.63) is 83.8 Å². The van der Waals surface area contributed by atoms with Gasteiger partial charge in [-0.3, -0.25) is 9.78 Å². The molecule has 160 valence electrons. The first-order valence-corrected chi connectivity index (χ1v) is 12.0. The van der Waals surface area contributed by atoms with Crippen LogP contribution < -0.4 is 15.4 Å². The normalized spacial score (nSPS) is 14.5. The van der Waals surface area contributed by atoms with Crippen molar-refractivity contribution in [3.63, 3.8) is 0 Å². The number of sulfonamides is 1. The lowest BCUT2D eigenvalue weighted by molar-refractivity contribution is -0.110. The van der Waals surface area contributed by atoms with Gasteiger partial charge in [0.05, 0.1) is 31.9 Å². The Bertz CT molecular complexity index is 1450. The highest BCUT2D eigenvalue weighted by Crippen LogP contribution is 2.39. The van der Waals surface area contributed by atoms with Gasteiger partial charge < -0.3 is 10.6 Å². The maximum Gasteiger partial charge on any atom is 0.257 e. The zero-order chi connectivity index (χ0) is 22.1. The van der Waals surface area contributed by atoms with E-state index < -0.39 is 10.0 Å². The summed E-state index contributed by atoms with van der Waals surface area (Å²) in [4.78, 5) is 20.8. The van der Waals surface area contributed by atoms with Gasteiger partial charge in [-0.15, -0.1) is 11.3 Å². The molecule has 8 nitrogen and oxygen atoms in total. The number of amides is 1. The molecule has 0 radical (unpaired) electrons. The lowest BCUT2D eigenvalue weighted by Crippen LogP contribution is -2.23. The molecule has 0 unspecified atom stereocenters. The molecule has 0 bridgehead atoms. The molecule has 3 N–H and O–H groups in total. The van der Waals surface area contributed by atoms with E-state index in [9.17, 15) is 13.2 Å². The van der Waals surface area contributed by atoms with Gasteiger partial charge in [-0.25, -0.2) is 18.1 Å². The van der Waals surface area contributed by atoms with E-state index in [-0.39, 0.29) is 17.3 Å². The van der Waals surface area contributed by atoms with Crippen molar-refractivity contribution in [3.8, 4) is 0 Å². The number of rotatable bonds is 6. The second-order valence-electron chi connectivity index (χ2n) is 7.05. The van der Waals surface area contributed by atoms with E-state index in [4.69, 9.17) is 0 Å². The maximum absolute atomic E-state index is 12.5. The summed E-state index contributed by atoms with van der Waals surface area (Å²) in [5.74, 6) is -0.201. The van der Waals surface area contributed by atoms with Crippen molar-refractivity contribution in [2.75, 3.05) is 10.6 Å². The number of fused-ring (bicyclic) bond motifs is 3. The molecule has 1 aliphatic heterocycles. The summed E-state index contributed by atoms with van der Waals surface area (Å²) in [6.45, 7) is 0.178. The first kappa shape index (κ1) is 20.3. The van der Waals surface area contributed by atoms with Crippen LogP contribution in [0.15, 0.2) is 77.5 Å². The number of anilines is 2. The predicted molar refractivity (Wildman–Crippen MR) is 125 cm³/mol. The van der Waals surface area contributed by atoms with Crippen molar-refractivity contribution < 1.29 is 13.2 Å². The fourth-order valence-corrected chi connectivity index (χ4v) is 5.26. The zero-order valence-corrected chi connectivity index (χ0v) is 18.2. The van der Waals surface area contributed by atoms with Gasteiger partial charge in [0, 0.05) is 36.4 Å². The topological polar surface area (TPSA) is 113 Å². The highest BCUT2D eigenvalue weighted by atomic mass is 32.2. The molecule has 1 aliphatic rings. The van der Waals surface area contributed by atoms with Crippen LogP contribution in [0.1, 0.15) is 11.1 Å². The zero-order valence-electron chi connectivity index (χ0n) is 16.6. The molecule has 32 heavy (non-hydrogen) atoms. The number of hydrogen-bond donors (Lipinski definition) is 3. The van der Waals surface area contributed by atoms with Gasteiger partial charge in [-0.05, 0) is 54.1 Å². The average molecular weight is 464 g/mol. The van der Waals surface area contributed by atoms with Gasteiger partial charge in [0.1, 0.15) is 0 Å². The van der Waals surface area contributed by atoms with Crippen molar-refractivity contribution in [1.29, 1.82) is 0 Å². The number of hydrogen-bond acceptors (Lipinski definition) is 7. The molecule has 0 saturated heterocycles. The molecule has 1 amide bonds. The van der Waals surface area contributed by atoms with E-state index in [0.717, 1.165) is 27.0 Å². The molecular formula is C22H17N5O3S2. The van der Waals surface area contributed by atoms with Crippen LogP contribution in [-0.2, 0) is 21.4 Å². The van der Waals surface area contributed by atoms with E-state index in [1.54, 1.807) is 48.4 Å². The minimum atomic E-state index is -3.66. The molecule has 0 fully saturated rings. The highest BCUT2D eigenvalue weighted by Gasteiger charge is 2.27. The summed E-state index contributed by atoms with van der Waals surface area (Å²) < 4.78 is 28.6. The number of carbonyl (C=O) groups is 1. The smallest absolute Gasteiger partial charge is 0.257 e. The number of aromatic nitrogens is 2. The van der Waals surface area contributed by atoms with E-state index in [1.807, 2.05) is 12.1 Å². The Hall–Kier alpha value is -3.60. The summed E-state index contributed by atoms with van der Waals surface area (Å²) in [5, 5.41) is 5.95. The van der Waals surface area contributed by atoms with Crippen molar-refractivity contribution in [1.82, 2.24) is 14.7 Å². The Balaban J connectivity index is 1.33. The Morgan fingerprint density at radius 3 is 2.59 bits per heavy atom. The van der Waals surface area contributed by atoms with Crippen molar-refractivity contribution >= 4 is 54.4 Å². The van der Waals surface area contributed by atoms with Crippen molar-refractivity contribution in [2.45, 2.75) is 11.4 Å². The van der Waals surface area contributed by atoms with Gasteiger partial charge in [0.2, 0.25) is 10.0 Å². The van der Waals surface area contributed by atoms with Crippen LogP contribution in [0.5, 0.6) is 0 Å². The summed E-state index contributed by atoms with van der Waals surface area (Å²) >= 11 is 1.48. The standard InChI is InChI=1S/C22H17N5O3S2/c28-22-17(20-18(27-22)5-6-19-21(20)31-13-25-19)12-24-15-1-3-16(4-2-15)32(29,30)26-11-14-7-9-23-10-8-14/h1-10,12-13,24,26H,11H2,(H,27,28). The number of nitrogens with zero attached hydrogens (tertiary/aromatic N) is 2. The van der Waals surface area contributed by atoms with Gasteiger partial charge in [-0.2, -0.15) is 0 Å². The third kappa shape index (κ3) is 3.86. The van der Waals surface area contributed by atoms with Crippen LogP contribution in [0.25, 0.3) is 15.8 Å². The molecule has 3 heterocycles. The summed E-state index contributed by atoms with van der Waals surface area (Å²) in [6, 6.07) is 13.6. The first-order chi connectivity index (χ1) is 15.5.